The zero-order valence-corrected chi connectivity index (χ0v) is 28.5. The first-order chi connectivity index (χ1) is 21.4. The van der Waals surface area contributed by atoms with Gasteiger partial charge in [0.05, 0.1) is 5.56 Å². The van der Waals surface area contributed by atoms with Crippen LogP contribution in [0.2, 0.25) is 0 Å². The number of rotatable bonds is 13. The fraction of sp³-hybridized carbons (Fsp3) is 0.556. The van der Waals surface area contributed by atoms with Gasteiger partial charge in [-0.1, -0.05) is 18.4 Å². The van der Waals surface area contributed by atoms with Crippen LogP contribution < -0.4 is 18.9 Å². The number of nitrogens with zero attached hydrogens (tertiary/aromatic N) is 2. The number of carboxylic acid groups (broad SMARTS) is 1. The molecule has 1 aliphatic rings. The Bertz CT molecular complexity index is 1250. The number of hydrogen-bond donors (Lipinski definition) is 1. The Morgan fingerprint density at radius 2 is 1.51 bits per heavy atom. The summed E-state index contributed by atoms with van der Waals surface area (Å²) in [6.45, 7) is 17.8. The van der Waals surface area contributed by atoms with Crippen molar-refractivity contribution < 1.29 is 55.1 Å². The summed E-state index contributed by atoms with van der Waals surface area (Å²) >= 11 is 0. The molecule has 1 N–H and O–H groups in total. The van der Waals surface area contributed by atoms with Crippen LogP contribution in [0.3, 0.4) is 0 Å². The van der Waals surface area contributed by atoms with E-state index in [1.54, 1.807) is 18.9 Å². The van der Waals surface area contributed by atoms with E-state index in [1.165, 1.54) is 30.7 Å². The van der Waals surface area contributed by atoms with E-state index in [-0.39, 0.29) is 30.7 Å². The van der Waals surface area contributed by atoms with E-state index < -0.39 is 35.5 Å². The predicted molar refractivity (Wildman–Crippen MR) is 171 cm³/mol. The molecule has 1 fully saturated rings. The van der Waals surface area contributed by atoms with Crippen LogP contribution in [-0.2, 0) is 11.0 Å². The second-order valence-electron chi connectivity index (χ2n) is 12.5. The molecule has 1 unspecified atom stereocenters. The van der Waals surface area contributed by atoms with Crippen LogP contribution in [0.15, 0.2) is 30.3 Å². The molecule has 0 aromatic heterocycles. The Balaban J connectivity index is 0.00000171. The standard InChI is InChI=1S/C33H44F4N2O2.C3H5F2.Li/c1-6-24(7-2)30-23(4)19-27(34)21-29(30)31(32(40)41)38(5)17-13-25(14-18-39-15-9-8-10-16-39)28-20-26(33(35,36)37)12-11-22(28)3;1-3(2,4)5;/h11-12,19-21,24-25,31H,1-2,6-10,13-18H2,3-5H3,(H,40,41);1H2,2H3;/q-2;-1;+1/t25-,31?;;/m1../s1. The van der Waals surface area contributed by atoms with Crippen molar-refractivity contribution in [1.82, 2.24) is 9.80 Å². The number of halogens is 6. The van der Waals surface area contributed by atoms with Gasteiger partial charge in [0.25, 0.3) is 0 Å². The van der Waals surface area contributed by atoms with Gasteiger partial charge in [-0.3, -0.25) is 16.6 Å². The van der Waals surface area contributed by atoms with Gasteiger partial charge in [0.2, 0.25) is 0 Å². The Kier molecular flexibility index (Phi) is 17.6. The third-order valence-corrected chi connectivity index (χ3v) is 8.58. The maximum Gasteiger partial charge on any atom is 1.00 e. The van der Waals surface area contributed by atoms with Crippen molar-refractivity contribution in [3.63, 3.8) is 0 Å². The molecule has 2 aromatic carbocycles. The largest absolute Gasteiger partial charge is 1.00 e. The van der Waals surface area contributed by atoms with E-state index in [0.29, 0.717) is 48.9 Å². The van der Waals surface area contributed by atoms with Gasteiger partial charge in [-0.25, -0.2) is 13.2 Å². The number of hydrogen-bond acceptors (Lipinski definition) is 3. The fourth-order valence-electron chi connectivity index (χ4n) is 6.28. The molecule has 2 aromatic rings. The van der Waals surface area contributed by atoms with Gasteiger partial charge < -0.3 is 23.9 Å². The number of carbonyl (C=O) groups is 1. The van der Waals surface area contributed by atoms with Gasteiger partial charge >= 0.3 is 31.0 Å². The molecule has 3 rings (SSSR count). The van der Waals surface area contributed by atoms with E-state index in [1.807, 2.05) is 6.92 Å². The number of alkyl halides is 5. The van der Waals surface area contributed by atoms with E-state index in [9.17, 15) is 36.2 Å². The van der Waals surface area contributed by atoms with Gasteiger partial charge in [-0.15, -0.1) is 0 Å². The number of aliphatic carboxylic acids is 1. The first kappa shape index (κ1) is 43.0. The summed E-state index contributed by atoms with van der Waals surface area (Å²) in [5.41, 5.74) is 2.56. The predicted octanol–water partition coefficient (Wildman–Crippen LogP) is 6.58. The third-order valence-electron chi connectivity index (χ3n) is 8.58. The topological polar surface area (TPSA) is 43.8 Å². The first-order valence-electron chi connectivity index (χ1n) is 15.8. The zero-order valence-electron chi connectivity index (χ0n) is 28.5. The quantitative estimate of drug-likeness (QED) is 0.150. The molecule has 2 atom stereocenters. The summed E-state index contributed by atoms with van der Waals surface area (Å²) in [7, 11) is 1.69. The van der Waals surface area contributed by atoms with Crippen LogP contribution in [0.1, 0.15) is 103 Å². The average Bonchev–Trinajstić information content (AvgIpc) is 2.94. The minimum atomic E-state index is -4.45. The second-order valence-corrected chi connectivity index (χ2v) is 12.5. The van der Waals surface area contributed by atoms with Gasteiger partial charge in [0.15, 0.2) is 0 Å². The molecule has 1 heterocycles. The smallest absolute Gasteiger partial charge is 0.480 e. The molecular weight excluding hydrogens is 613 g/mol. The van der Waals surface area contributed by atoms with Crippen molar-refractivity contribution in [2.75, 3.05) is 33.2 Å². The Hall–Kier alpha value is -1.99. The molecule has 0 spiro atoms. The van der Waals surface area contributed by atoms with Crippen LogP contribution in [0, 0.1) is 40.4 Å². The van der Waals surface area contributed by atoms with E-state index in [0.717, 1.165) is 56.6 Å². The van der Waals surface area contributed by atoms with E-state index in [2.05, 4.69) is 25.7 Å². The van der Waals surface area contributed by atoms with E-state index >= 15 is 0 Å². The zero-order chi connectivity index (χ0) is 34.8. The minimum absolute atomic E-state index is 0. The van der Waals surface area contributed by atoms with Crippen molar-refractivity contribution >= 4 is 5.97 Å². The molecule has 47 heavy (non-hydrogen) atoms. The number of aryl methyl sites for hydroxylation is 2. The van der Waals surface area contributed by atoms with Crippen molar-refractivity contribution in [1.29, 1.82) is 0 Å². The van der Waals surface area contributed by atoms with Gasteiger partial charge in [-0.05, 0) is 138 Å². The Labute approximate surface area is 289 Å². The molecule has 1 aliphatic heterocycles. The molecule has 4 nitrogen and oxygen atoms in total. The minimum Gasteiger partial charge on any atom is -0.480 e. The Morgan fingerprint density at radius 1 is 0.936 bits per heavy atom. The fourth-order valence-corrected chi connectivity index (χ4v) is 6.28. The van der Waals surface area contributed by atoms with Crippen LogP contribution >= 0.6 is 0 Å². The molecule has 0 radical (unpaired) electrons. The first-order valence-corrected chi connectivity index (χ1v) is 15.8. The van der Waals surface area contributed by atoms with Gasteiger partial charge in [0.1, 0.15) is 17.8 Å². The number of benzene rings is 2. The van der Waals surface area contributed by atoms with Crippen LogP contribution in [0.5, 0.6) is 0 Å². The number of carboxylic acids is 1. The number of likely N-dealkylation sites (N-methyl/N-ethyl adjacent to an activating group) is 1. The van der Waals surface area contributed by atoms with Gasteiger partial charge in [-0.2, -0.15) is 26.0 Å². The summed E-state index contributed by atoms with van der Waals surface area (Å²) in [4.78, 5) is 16.7. The Morgan fingerprint density at radius 3 is 2.02 bits per heavy atom. The molecule has 1 saturated heterocycles. The summed E-state index contributed by atoms with van der Waals surface area (Å²) in [5.74, 6) is -4.68. The molecule has 0 saturated carbocycles. The number of likely N-dealkylation sites (tertiary alicyclic amines) is 1. The van der Waals surface area contributed by atoms with Crippen molar-refractivity contribution in [3.8, 4) is 0 Å². The van der Waals surface area contributed by atoms with E-state index in [4.69, 9.17) is 0 Å². The molecule has 11 heteroatoms. The van der Waals surface area contributed by atoms with Crippen molar-refractivity contribution in [2.24, 2.45) is 0 Å². The molecule has 0 bridgehead atoms. The van der Waals surface area contributed by atoms with Crippen molar-refractivity contribution in [2.45, 2.75) is 95.7 Å². The summed E-state index contributed by atoms with van der Waals surface area (Å²) in [5, 5.41) is 10.3. The molecule has 0 aliphatic carbocycles. The summed E-state index contributed by atoms with van der Waals surface area (Å²) < 4.78 is 77.4. The second kappa shape index (κ2) is 19.3. The molecular formula is C36H49F6LiN2O2-2. The monoisotopic (exact) mass is 662 g/mol. The van der Waals surface area contributed by atoms with Crippen molar-refractivity contribution in [3.05, 3.63) is 90.3 Å². The van der Waals surface area contributed by atoms with Crippen LogP contribution in [-0.4, -0.2) is 60.0 Å². The SMILES string of the molecule is [CH2-]C(C)(F)F.[CH2-]CC(C[CH2-])c1c(C)cc(F)cc1C(C(=O)O)N(C)CC[C@H](CCN1CCCCC1)c1cc(C(F)(F)F)ccc1C.[Li+]. The maximum atomic E-state index is 14.6. The van der Waals surface area contributed by atoms with Gasteiger partial charge in [0, 0.05) is 0 Å². The van der Waals surface area contributed by atoms with Crippen LogP contribution in [0.4, 0.5) is 26.3 Å². The third kappa shape index (κ3) is 13.8. The number of piperidine rings is 1. The molecule has 0 amide bonds. The average molecular weight is 663 g/mol. The normalized spacial score (nSPS) is 15.6. The maximum absolute atomic E-state index is 14.6. The summed E-state index contributed by atoms with van der Waals surface area (Å²) in [6.07, 6.45) is 1.10. The molecule has 260 valence electrons. The van der Waals surface area contributed by atoms with Crippen LogP contribution in [0.25, 0.3) is 0 Å². The summed E-state index contributed by atoms with van der Waals surface area (Å²) in [6, 6.07) is 5.47.